The third kappa shape index (κ3) is 4.24. The number of carbonyl (C=O) groups is 1. The summed E-state index contributed by atoms with van der Waals surface area (Å²) in [6, 6.07) is 12.4. The van der Waals surface area contributed by atoms with Gasteiger partial charge >= 0.3 is 0 Å². The van der Waals surface area contributed by atoms with Crippen molar-refractivity contribution in [2.24, 2.45) is 0 Å². The molecule has 1 aromatic heterocycles. The Morgan fingerprint density at radius 2 is 1.74 bits per heavy atom. The van der Waals surface area contributed by atoms with Gasteiger partial charge in [0.15, 0.2) is 0 Å². The number of hydrogen-bond donors (Lipinski definition) is 0. The van der Waals surface area contributed by atoms with Gasteiger partial charge in [0.05, 0.1) is 24.0 Å². The van der Waals surface area contributed by atoms with E-state index in [1.54, 1.807) is 29.2 Å². The highest BCUT2D eigenvalue weighted by Gasteiger charge is 2.35. The van der Waals surface area contributed by atoms with E-state index >= 15 is 0 Å². The molecule has 0 N–H and O–H groups in total. The number of aryl methyl sites for hydroxylation is 2. The maximum absolute atomic E-state index is 12.8. The van der Waals surface area contributed by atoms with Crippen LogP contribution in [0, 0.1) is 13.8 Å². The van der Waals surface area contributed by atoms with Gasteiger partial charge < -0.3 is 14.2 Å². The number of amides is 1. The van der Waals surface area contributed by atoms with Gasteiger partial charge in [0.25, 0.3) is 0 Å². The van der Waals surface area contributed by atoms with Crippen LogP contribution in [-0.4, -0.2) is 61.6 Å². The van der Waals surface area contributed by atoms with Crippen LogP contribution >= 0.6 is 0 Å². The summed E-state index contributed by atoms with van der Waals surface area (Å²) in [6.45, 7) is 6.02. The molecule has 2 aromatic carbocycles. The number of hydrogen-bond acceptors (Lipinski definition) is 7. The number of sulfonamides is 1. The fraction of sp³-hybridized carbons (Fsp3) is 0.375. The molecule has 1 amide bonds. The Balaban J connectivity index is 1.31. The molecule has 3 aromatic rings. The third-order valence-electron chi connectivity index (χ3n) is 6.44. The molecule has 0 saturated carbocycles. The molecular weight excluding hydrogens is 456 g/mol. The summed E-state index contributed by atoms with van der Waals surface area (Å²) in [5.74, 6) is 0.587. The van der Waals surface area contributed by atoms with Gasteiger partial charge in [-0.05, 0) is 61.4 Å². The monoisotopic (exact) mass is 482 g/mol. The number of morpholine rings is 1. The van der Waals surface area contributed by atoms with Crippen LogP contribution in [-0.2, 0) is 19.6 Å². The Morgan fingerprint density at radius 1 is 1.00 bits per heavy atom. The molecule has 5 rings (SSSR count). The lowest BCUT2D eigenvalue weighted by Gasteiger charge is -2.26. The van der Waals surface area contributed by atoms with Crippen molar-refractivity contribution in [3.05, 3.63) is 59.5 Å². The van der Waals surface area contributed by atoms with Gasteiger partial charge in [-0.25, -0.2) is 8.42 Å². The first-order valence-electron chi connectivity index (χ1n) is 11.2. The molecule has 3 heterocycles. The highest BCUT2D eigenvalue weighted by atomic mass is 32.2. The lowest BCUT2D eigenvalue weighted by atomic mass is 10.1. The van der Waals surface area contributed by atoms with Crippen LogP contribution < -0.4 is 4.90 Å². The third-order valence-corrected chi connectivity index (χ3v) is 8.35. The molecule has 34 heavy (non-hydrogen) atoms. The van der Waals surface area contributed by atoms with E-state index in [9.17, 15) is 13.2 Å². The highest BCUT2D eigenvalue weighted by Crippen LogP contribution is 2.33. The average molecular weight is 483 g/mol. The number of nitrogens with zero attached hydrogens (tertiary/aromatic N) is 4. The second-order valence-corrected chi connectivity index (χ2v) is 10.6. The Morgan fingerprint density at radius 3 is 2.44 bits per heavy atom. The second-order valence-electron chi connectivity index (χ2n) is 8.67. The molecule has 0 bridgehead atoms. The topological polar surface area (TPSA) is 106 Å². The first kappa shape index (κ1) is 22.7. The van der Waals surface area contributed by atoms with Crippen LogP contribution in [0.3, 0.4) is 0 Å². The summed E-state index contributed by atoms with van der Waals surface area (Å²) >= 11 is 0. The first-order valence-corrected chi connectivity index (χ1v) is 12.7. The molecule has 2 aliphatic rings. The predicted molar refractivity (Wildman–Crippen MR) is 125 cm³/mol. The van der Waals surface area contributed by atoms with Gasteiger partial charge in [-0.15, -0.1) is 0 Å². The van der Waals surface area contributed by atoms with Crippen LogP contribution in [0.25, 0.3) is 11.4 Å². The van der Waals surface area contributed by atoms with Crippen molar-refractivity contribution < 1.29 is 22.5 Å². The number of carbonyl (C=O) groups excluding carboxylic acids is 1. The maximum Gasteiger partial charge on any atom is 0.243 e. The Kier molecular flexibility index (Phi) is 5.97. The lowest BCUT2D eigenvalue weighted by Crippen LogP contribution is -2.40. The molecule has 0 unspecified atom stereocenters. The van der Waals surface area contributed by atoms with E-state index in [1.165, 1.54) is 9.87 Å². The maximum atomic E-state index is 12.8. The highest BCUT2D eigenvalue weighted by molar-refractivity contribution is 7.89. The molecule has 2 fully saturated rings. The van der Waals surface area contributed by atoms with Gasteiger partial charge in [-0.2, -0.15) is 9.29 Å². The summed E-state index contributed by atoms with van der Waals surface area (Å²) in [7, 11) is -3.57. The van der Waals surface area contributed by atoms with E-state index in [4.69, 9.17) is 9.26 Å². The summed E-state index contributed by atoms with van der Waals surface area (Å²) < 4.78 is 37.8. The normalized spacial score (nSPS) is 19.6. The van der Waals surface area contributed by atoms with Gasteiger partial charge in [-0.1, -0.05) is 11.2 Å². The van der Waals surface area contributed by atoms with Crippen molar-refractivity contribution in [1.82, 2.24) is 14.4 Å². The van der Waals surface area contributed by atoms with Crippen LogP contribution in [0.4, 0.5) is 5.69 Å². The fourth-order valence-corrected chi connectivity index (χ4v) is 5.65. The average Bonchev–Trinajstić information content (AvgIpc) is 3.49. The smallest absolute Gasteiger partial charge is 0.243 e. The van der Waals surface area contributed by atoms with Crippen LogP contribution in [0.1, 0.15) is 29.4 Å². The minimum absolute atomic E-state index is 0.0191. The van der Waals surface area contributed by atoms with E-state index in [-0.39, 0.29) is 16.7 Å². The number of ether oxygens (including phenoxy) is 1. The number of rotatable bonds is 5. The zero-order valence-corrected chi connectivity index (χ0v) is 19.9. The largest absolute Gasteiger partial charge is 0.379 e. The van der Waals surface area contributed by atoms with E-state index in [2.05, 4.69) is 10.1 Å². The number of aromatic nitrogens is 2. The van der Waals surface area contributed by atoms with E-state index in [0.29, 0.717) is 56.5 Å². The first-order chi connectivity index (χ1) is 16.3. The minimum Gasteiger partial charge on any atom is -0.379 e. The summed E-state index contributed by atoms with van der Waals surface area (Å²) in [6.07, 6.45) is 0.297. The van der Waals surface area contributed by atoms with Crippen molar-refractivity contribution in [2.45, 2.75) is 31.1 Å². The zero-order valence-electron chi connectivity index (χ0n) is 19.1. The molecule has 10 heteroatoms. The minimum atomic E-state index is -3.57. The molecular formula is C24H26N4O5S. The molecule has 1 atom stereocenters. The predicted octanol–water partition coefficient (Wildman–Crippen LogP) is 2.89. The quantitative estimate of drug-likeness (QED) is 0.550. The van der Waals surface area contributed by atoms with Crippen molar-refractivity contribution >= 4 is 21.6 Å². The Labute approximate surface area is 198 Å². The Hall–Kier alpha value is -3.08. The number of anilines is 1. The molecule has 9 nitrogen and oxygen atoms in total. The molecule has 0 aliphatic carbocycles. The van der Waals surface area contributed by atoms with Crippen molar-refractivity contribution in [3.63, 3.8) is 0 Å². The van der Waals surface area contributed by atoms with Gasteiger partial charge in [-0.3, -0.25) is 4.79 Å². The van der Waals surface area contributed by atoms with Crippen LogP contribution in [0.5, 0.6) is 0 Å². The van der Waals surface area contributed by atoms with Crippen molar-refractivity contribution in [2.75, 3.05) is 37.7 Å². The molecule has 2 aliphatic heterocycles. The Bertz CT molecular complexity index is 1310. The zero-order chi connectivity index (χ0) is 23.9. The summed E-state index contributed by atoms with van der Waals surface area (Å²) in [5.41, 5.74) is 3.82. The fourth-order valence-electron chi connectivity index (χ4n) is 4.25. The van der Waals surface area contributed by atoms with E-state index in [1.807, 2.05) is 32.0 Å². The second kappa shape index (κ2) is 8.94. The number of benzene rings is 2. The lowest BCUT2D eigenvalue weighted by molar-refractivity contribution is -0.117. The van der Waals surface area contributed by atoms with E-state index in [0.717, 1.165) is 11.3 Å². The molecule has 0 radical (unpaired) electrons. The van der Waals surface area contributed by atoms with Crippen LogP contribution in [0.15, 0.2) is 51.9 Å². The van der Waals surface area contributed by atoms with Gasteiger partial charge in [0.1, 0.15) is 0 Å². The van der Waals surface area contributed by atoms with Gasteiger partial charge in [0.2, 0.25) is 27.6 Å². The van der Waals surface area contributed by atoms with Crippen molar-refractivity contribution in [1.29, 1.82) is 0 Å². The summed E-state index contributed by atoms with van der Waals surface area (Å²) in [4.78, 5) is 19.1. The molecule has 178 valence electrons. The van der Waals surface area contributed by atoms with Crippen LogP contribution in [0.2, 0.25) is 0 Å². The van der Waals surface area contributed by atoms with Crippen molar-refractivity contribution in [3.8, 4) is 11.4 Å². The SMILES string of the molecule is Cc1ccc(N2C[C@H](c3nc(-c4ccc(S(=O)(=O)N5CCOCC5)cc4)no3)CC2=O)cc1C. The molecule has 0 spiro atoms. The van der Waals surface area contributed by atoms with Gasteiger partial charge in [0, 0.05) is 37.3 Å². The van der Waals surface area contributed by atoms with E-state index < -0.39 is 10.0 Å². The molecule has 2 saturated heterocycles. The summed E-state index contributed by atoms with van der Waals surface area (Å²) in [5, 5.41) is 4.07. The standard InChI is InChI=1S/C24H26N4O5S/c1-16-3-6-20(13-17(16)2)28-15-19(14-22(28)29)24-25-23(26-33-24)18-4-7-21(8-5-18)34(30,31)27-9-11-32-12-10-27/h3-8,13,19H,9-12,14-15H2,1-2H3/t19-/m1/s1.